The normalized spacial score (nSPS) is 22.1. The Bertz CT molecular complexity index is 561. The van der Waals surface area contributed by atoms with Crippen LogP contribution in [0.25, 0.3) is 0 Å². The number of nitrogens with zero attached hydrogens (tertiary/aromatic N) is 2. The van der Waals surface area contributed by atoms with Gasteiger partial charge in [0.15, 0.2) is 0 Å². The van der Waals surface area contributed by atoms with Crippen LogP contribution in [0.5, 0.6) is 0 Å². The van der Waals surface area contributed by atoms with E-state index in [4.69, 9.17) is 0 Å². The van der Waals surface area contributed by atoms with Crippen LogP contribution in [-0.4, -0.2) is 14.9 Å². The summed E-state index contributed by atoms with van der Waals surface area (Å²) in [7, 11) is 0. The Balaban J connectivity index is 1.88. The molecule has 0 bridgehead atoms. The van der Waals surface area contributed by atoms with Crippen LogP contribution in [0, 0.1) is 0 Å². The summed E-state index contributed by atoms with van der Waals surface area (Å²) in [6.07, 6.45) is 6.32. The molecule has 1 heterocycles. The molecule has 3 nitrogen and oxygen atoms in total. The van der Waals surface area contributed by atoms with Crippen LogP contribution in [-0.2, 0) is 25.0 Å². The third kappa shape index (κ3) is 1.85. The summed E-state index contributed by atoms with van der Waals surface area (Å²) >= 11 is 0. The van der Waals surface area contributed by atoms with Crippen LogP contribution in [0.15, 0.2) is 36.7 Å². The highest BCUT2D eigenvalue weighted by atomic mass is 16.3. The van der Waals surface area contributed by atoms with Gasteiger partial charge in [-0.2, -0.15) is 5.10 Å². The molecule has 1 aliphatic rings. The Morgan fingerprint density at radius 1 is 1.39 bits per heavy atom. The van der Waals surface area contributed by atoms with Gasteiger partial charge in [-0.15, -0.1) is 0 Å². The molecule has 1 N–H and O–H groups in total. The molecule has 0 saturated carbocycles. The highest BCUT2D eigenvalue weighted by molar-refractivity contribution is 5.38. The van der Waals surface area contributed by atoms with E-state index in [9.17, 15) is 5.11 Å². The monoisotopic (exact) mass is 242 g/mol. The van der Waals surface area contributed by atoms with Crippen LogP contribution in [0.1, 0.15) is 30.0 Å². The summed E-state index contributed by atoms with van der Waals surface area (Å²) in [4.78, 5) is 0. The van der Waals surface area contributed by atoms with Gasteiger partial charge in [-0.1, -0.05) is 24.3 Å². The van der Waals surface area contributed by atoms with Crippen molar-refractivity contribution in [1.82, 2.24) is 9.78 Å². The Hall–Kier alpha value is -1.61. The van der Waals surface area contributed by atoms with Crippen molar-refractivity contribution >= 4 is 0 Å². The Morgan fingerprint density at radius 3 is 3.00 bits per heavy atom. The first-order chi connectivity index (χ1) is 8.71. The minimum absolute atomic E-state index is 0.657. The van der Waals surface area contributed by atoms with E-state index < -0.39 is 5.60 Å². The van der Waals surface area contributed by atoms with Crippen molar-refractivity contribution in [3.05, 3.63) is 53.3 Å². The summed E-state index contributed by atoms with van der Waals surface area (Å²) < 4.78 is 1.90. The Kier molecular flexibility index (Phi) is 2.71. The van der Waals surface area contributed by atoms with E-state index in [1.54, 1.807) is 0 Å². The van der Waals surface area contributed by atoms with Crippen LogP contribution in [0.4, 0.5) is 0 Å². The lowest BCUT2D eigenvalue weighted by Crippen LogP contribution is -2.25. The molecule has 1 aromatic carbocycles. The van der Waals surface area contributed by atoms with E-state index >= 15 is 0 Å². The summed E-state index contributed by atoms with van der Waals surface area (Å²) in [5.41, 5.74) is 2.77. The van der Waals surface area contributed by atoms with Crippen LogP contribution in [0.3, 0.4) is 0 Å². The fourth-order valence-electron chi connectivity index (χ4n) is 2.86. The lowest BCUT2D eigenvalue weighted by Gasteiger charge is -2.23. The molecule has 0 spiro atoms. The average molecular weight is 242 g/mol. The summed E-state index contributed by atoms with van der Waals surface area (Å²) in [6, 6.07) is 8.21. The number of aliphatic hydroxyl groups is 1. The number of hydrogen-bond acceptors (Lipinski definition) is 2. The summed E-state index contributed by atoms with van der Waals surface area (Å²) in [5, 5.41) is 15.1. The van der Waals surface area contributed by atoms with Crippen LogP contribution < -0.4 is 0 Å². The minimum atomic E-state index is -0.710. The average Bonchev–Trinajstić information content (AvgIpc) is 2.96. The van der Waals surface area contributed by atoms with Gasteiger partial charge in [-0.3, -0.25) is 4.68 Å². The lowest BCUT2D eigenvalue weighted by atomic mass is 9.90. The summed E-state index contributed by atoms with van der Waals surface area (Å²) in [5.74, 6) is 0. The second-order valence-electron chi connectivity index (χ2n) is 5.07. The van der Waals surface area contributed by atoms with E-state index in [-0.39, 0.29) is 0 Å². The largest absolute Gasteiger partial charge is 0.385 e. The maximum atomic E-state index is 10.8. The molecule has 3 rings (SSSR count). The maximum absolute atomic E-state index is 10.8. The van der Waals surface area contributed by atoms with Crippen molar-refractivity contribution in [2.24, 2.45) is 0 Å². The van der Waals surface area contributed by atoms with Crippen molar-refractivity contribution in [3.63, 3.8) is 0 Å². The molecular formula is C15H18N2O. The molecule has 94 valence electrons. The second-order valence-corrected chi connectivity index (χ2v) is 5.07. The van der Waals surface area contributed by atoms with E-state index in [2.05, 4.69) is 18.1 Å². The molecule has 1 unspecified atom stereocenters. The fourth-order valence-corrected chi connectivity index (χ4v) is 2.86. The number of benzene rings is 1. The SMILES string of the molecule is CCn1cc(CC2(O)CCc3ccccc32)cn1. The Morgan fingerprint density at radius 2 is 2.22 bits per heavy atom. The van der Waals surface area contributed by atoms with Gasteiger partial charge in [-0.25, -0.2) is 0 Å². The third-order valence-corrected chi connectivity index (χ3v) is 3.83. The highest BCUT2D eigenvalue weighted by Crippen LogP contribution is 2.39. The zero-order chi connectivity index (χ0) is 12.6. The Labute approximate surface area is 107 Å². The minimum Gasteiger partial charge on any atom is -0.385 e. The first-order valence-corrected chi connectivity index (χ1v) is 6.53. The smallest absolute Gasteiger partial charge is 0.0943 e. The van der Waals surface area contributed by atoms with Gasteiger partial charge >= 0.3 is 0 Å². The zero-order valence-electron chi connectivity index (χ0n) is 10.6. The van der Waals surface area contributed by atoms with Gasteiger partial charge in [0.05, 0.1) is 11.8 Å². The molecule has 0 aliphatic heterocycles. The summed E-state index contributed by atoms with van der Waals surface area (Å²) in [6.45, 7) is 2.94. The van der Waals surface area contributed by atoms with Crippen molar-refractivity contribution in [2.45, 2.75) is 38.3 Å². The second kappa shape index (κ2) is 4.25. The number of aromatic nitrogens is 2. The molecule has 1 aromatic heterocycles. The van der Waals surface area contributed by atoms with Crippen molar-refractivity contribution in [1.29, 1.82) is 0 Å². The molecule has 18 heavy (non-hydrogen) atoms. The van der Waals surface area contributed by atoms with Gasteiger partial charge in [0.25, 0.3) is 0 Å². The zero-order valence-corrected chi connectivity index (χ0v) is 10.6. The number of aryl methyl sites for hydroxylation is 2. The quantitative estimate of drug-likeness (QED) is 0.896. The molecule has 1 aliphatic carbocycles. The van der Waals surface area contributed by atoms with Crippen LogP contribution >= 0.6 is 0 Å². The molecule has 0 amide bonds. The van der Waals surface area contributed by atoms with Gasteiger partial charge in [0, 0.05) is 19.2 Å². The first kappa shape index (κ1) is 11.5. The predicted molar refractivity (Wildman–Crippen MR) is 70.3 cm³/mol. The highest BCUT2D eigenvalue weighted by Gasteiger charge is 2.36. The molecule has 0 radical (unpaired) electrons. The first-order valence-electron chi connectivity index (χ1n) is 6.53. The number of rotatable bonds is 3. The van der Waals surface area contributed by atoms with E-state index in [0.29, 0.717) is 6.42 Å². The van der Waals surface area contributed by atoms with Gasteiger partial charge in [0.1, 0.15) is 0 Å². The molecule has 3 heteroatoms. The lowest BCUT2D eigenvalue weighted by molar-refractivity contribution is 0.0389. The maximum Gasteiger partial charge on any atom is 0.0943 e. The number of fused-ring (bicyclic) bond motifs is 1. The van der Waals surface area contributed by atoms with Gasteiger partial charge in [-0.05, 0) is 36.5 Å². The third-order valence-electron chi connectivity index (χ3n) is 3.83. The van der Waals surface area contributed by atoms with Crippen LogP contribution in [0.2, 0.25) is 0 Å². The van der Waals surface area contributed by atoms with E-state index in [0.717, 1.165) is 30.5 Å². The molecule has 1 atom stereocenters. The standard InChI is InChI=1S/C15H18N2O/c1-2-17-11-12(10-16-17)9-15(18)8-7-13-5-3-4-6-14(13)15/h3-6,10-11,18H,2,7-9H2,1H3. The van der Waals surface area contributed by atoms with Crippen molar-refractivity contribution < 1.29 is 5.11 Å². The van der Waals surface area contributed by atoms with Crippen molar-refractivity contribution in [3.8, 4) is 0 Å². The van der Waals surface area contributed by atoms with E-state index in [1.807, 2.05) is 35.3 Å². The topological polar surface area (TPSA) is 38.0 Å². The molecular weight excluding hydrogens is 224 g/mol. The van der Waals surface area contributed by atoms with E-state index in [1.165, 1.54) is 5.56 Å². The predicted octanol–water partition coefficient (Wildman–Crippen LogP) is 2.28. The number of hydrogen-bond donors (Lipinski definition) is 1. The van der Waals surface area contributed by atoms with Gasteiger partial charge < -0.3 is 5.11 Å². The molecule has 2 aromatic rings. The molecule has 0 fully saturated rings. The molecule has 0 saturated heterocycles. The van der Waals surface area contributed by atoms with Crippen molar-refractivity contribution in [2.75, 3.05) is 0 Å². The van der Waals surface area contributed by atoms with Gasteiger partial charge in [0.2, 0.25) is 0 Å². The fraction of sp³-hybridized carbons (Fsp3) is 0.400.